The Bertz CT molecular complexity index is 995. The summed E-state index contributed by atoms with van der Waals surface area (Å²) in [5, 5.41) is 14.0. The average Bonchev–Trinajstić information content (AvgIpc) is 3.03. The zero-order chi connectivity index (χ0) is 22.1. The van der Waals surface area contributed by atoms with E-state index in [1.165, 1.54) is 0 Å². The van der Waals surface area contributed by atoms with Gasteiger partial charge in [0.2, 0.25) is 5.95 Å². The van der Waals surface area contributed by atoms with E-state index >= 15 is 0 Å². The molecule has 2 fully saturated rings. The van der Waals surface area contributed by atoms with E-state index in [0.29, 0.717) is 22.5 Å². The number of halogens is 1. The van der Waals surface area contributed by atoms with E-state index < -0.39 is 10.8 Å². The molecule has 1 unspecified atom stereocenters. The van der Waals surface area contributed by atoms with Crippen molar-refractivity contribution in [2.24, 2.45) is 0 Å². The first-order valence-electron chi connectivity index (χ1n) is 11.5. The van der Waals surface area contributed by atoms with Gasteiger partial charge in [0.15, 0.2) is 0 Å². The number of aliphatic hydroxyl groups is 1. The molecule has 1 saturated carbocycles. The van der Waals surface area contributed by atoms with Crippen molar-refractivity contribution in [2.75, 3.05) is 35.7 Å². The van der Waals surface area contributed by atoms with Crippen LogP contribution in [-0.4, -0.2) is 60.2 Å². The van der Waals surface area contributed by atoms with E-state index in [-0.39, 0.29) is 18.1 Å². The molecule has 2 aliphatic heterocycles. The Morgan fingerprint density at radius 1 is 1.16 bits per heavy atom. The molecule has 0 amide bonds. The number of aryl methyl sites for hydroxylation is 1. The summed E-state index contributed by atoms with van der Waals surface area (Å²) in [6.07, 6.45) is 10.8. The number of anilines is 2. The third-order valence-electron chi connectivity index (χ3n) is 6.91. The fourth-order valence-electron chi connectivity index (χ4n) is 4.86. The van der Waals surface area contributed by atoms with Gasteiger partial charge in [-0.2, -0.15) is 4.98 Å². The molecule has 3 aliphatic rings. The Morgan fingerprint density at radius 2 is 1.97 bits per heavy atom. The maximum absolute atomic E-state index is 12.8. The molecule has 5 rings (SSSR count). The molecule has 0 spiro atoms. The molecule has 10 heteroatoms. The number of nitrogens with zero attached hydrogens (tertiary/aromatic N) is 5. The molecule has 2 atom stereocenters. The number of nitrogens with one attached hydrogen (secondary N) is 1. The summed E-state index contributed by atoms with van der Waals surface area (Å²) in [5.41, 5.74) is 0.535. The van der Waals surface area contributed by atoms with E-state index in [1.54, 1.807) is 12.4 Å². The zero-order valence-electron chi connectivity index (χ0n) is 18.1. The Balaban J connectivity index is 1.41. The molecule has 2 N–H and O–H groups in total. The summed E-state index contributed by atoms with van der Waals surface area (Å²) in [5.74, 6) is 3.11. The van der Waals surface area contributed by atoms with Crippen LogP contribution in [0.1, 0.15) is 62.4 Å². The molecule has 1 aliphatic carbocycles. The highest BCUT2D eigenvalue weighted by Gasteiger charge is 2.38. The van der Waals surface area contributed by atoms with Crippen LogP contribution in [0, 0.1) is 0 Å². The zero-order valence-corrected chi connectivity index (χ0v) is 19.7. The van der Waals surface area contributed by atoms with Crippen LogP contribution in [0.4, 0.5) is 11.8 Å². The minimum atomic E-state index is -1.11. The normalized spacial score (nSPS) is 24.9. The Labute approximate surface area is 195 Å². The van der Waals surface area contributed by atoms with Crippen LogP contribution in [0.3, 0.4) is 0 Å². The molecule has 4 heterocycles. The van der Waals surface area contributed by atoms with Gasteiger partial charge in [-0.15, -0.1) is 0 Å². The summed E-state index contributed by atoms with van der Waals surface area (Å²) in [6.45, 7) is 1.72. The van der Waals surface area contributed by atoms with Crippen molar-refractivity contribution in [3.8, 4) is 0 Å². The topological polar surface area (TPSA) is 104 Å². The number of fused-ring (bicyclic) bond motifs is 1. The lowest BCUT2D eigenvalue weighted by atomic mass is 9.77. The highest BCUT2D eigenvalue weighted by molar-refractivity contribution is 7.85. The summed E-state index contributed by atoms with van der Waals surface area (Å²) < 4.78 is 12.8. The standard InChI is InChI=1S/C22H29ClN6O2S/c23-16-12-24-19(25-13-16)15-4-1-9-29(10-6-15)21-26-17-5-2-11-32(31)18(17)20(27-21)28-22(14-30)7-3-8-22/h12-13,15,30H,1-11,14H2,(H,26,27,28)/t15?,32-/m1/s1. The smallest absolute Gasteiger partial charge is 0.227 e. The molecule has 172 valence electrons. The molecular weight excluding hydrogens is 448 g/mol. The number of hydrogen-bond donors (Lipinski definition) is 2. The van der Waals surface area contributed by atoms with Gasteiger partial charge in [0.05, 0.1) is 33.7 Å². The third kappa shape index (κ3) is 4.34. The maximum atomic E-state index is 12.8. The molecule has 2 aromatic heterocycles. The van der Waals surface area contributed by atoms with Gasteiger partial charge in [-0.3, -0.25) is 4.21 Å². The molecule has 2 aromatic rings. The van der Waals surface area contributed by atoms with Crippen molar-refractivity contribution in [3.63, 3.8) is 0 Å². The molecule has 0 radical (unpaired) electrons. The number of aliphatic hydroxyl groups excluding tert-OH is 1. The first kappa shape index (κ1) is 22.0. The van der Waals surface area contributed by atoms with Crippen molar-refractivity contribution in [1.29, 1.82) is 0 Å². The van der Waals surface area contributed by atoms with Crippen molar-refractivity contribution < 1.29 is 9.32 Å². The van der Waals surface area contributed by atoms with Gasteiger partial charge in [0, 0.05) is 37.2 Å². The minimum Gasteiger partial charge on any atom is -0.394 e. The number of hydrogen-bond acceptors (Lipinski definition) is 8. The van der Waals surface area contributed by atoms with E-state index in [2.05, 4.69) is 20.2 Å². The van der Waals surface area contributed by atoms with Crippen LogP contribution >= 0.6 is 11.6 Å². The third-order valence-corrected chi connectivity index (χ3v) is 8.65. The average molecular weight is 477 g/mol. The van der Waals surface area contributed by atoms with Gasteiger partial charge in [-0.1, -0.05) is 11.6 Å². The highest BCUT2D eigenvalue weighted by atomic mass is 35.5. The second-order valence-corrected chi connectivity index (χ2v) is 11.0. The van der Waals surface area contributed by atoms with Gasteiger partial charge in [0.25, 0.3) is 0 Å². The van der Waals surface area contributed by atoms with E-state index in [0.717, 1.165) is 80.9 Å². The van der Waals surface area contributed by atoms with E-state index in [4.69, 9.17) is 21.6 Å². The summed E-state index contributed by atoms with van der Waals surface area (Å²) in [4.78, 5) is 21.6. The molecule has 0 aromatic carbocycles. The highest BCUT2D eigenvalue weighted by Crippen LogP contribution is 2.38. The number of aromatic nitrogens is 4. The Kier molecular flexibility index (Phi) is 6.31. The fraction of sp³-hybridized carbons (Fsp3) is 0.636. The maximum Gasteiger partial charge on any atom is 0.227 e. The van der Waals surface area contributed by atoms with Crippen LogP contribution in [-0.2, 0) is 17.2 Å². The van der Waals surface area contributed by atoms with Gasteiger partial charge < -0.3 is 15.3 Å². The van der Waals surface area contributed by atoms with Crippen molar-refractivity contribution >= 4 is 34.2 Å². The molecular formula is C22H29ClN6O2S. The van der Waals surface area contributed by atoms with Crippen LogP contribution < -0.4 is 10.2 Å². The van der Waals surface area contributed by atoms with Gasteiger partial charge >= 0.3 is 0 Å². The largest absolute Gasteiger partial charge is 0.394 e. The second-order valence-electron chi connectivity index (χ2n) is 9.09. The first-order chi connectivity index (χ1) is 15.6. The molecule has 0 bridgehead atoms. The lowest BCUT2D eigenvalue weighted by molar-refractivity contribution is 0.143. The second kappa shape index (κ2) is 9.19. The van der Waals surface area contributed by atoms with Crippen molar-refractivity contribution in [1.82, 2.24) is 19.9 Å². The van der Waals surface area contributed by atoms with Crippen molar-refractivity contribution in [3.05, 3.63) is 28.9 Å². The van der Waals surface area contributed by atoms with Gasteiger partial charge in [-0.05, 0) is 51.4 Å². The predicted molar refractivity (Wildman–Crippen MR) is 125 cm³/mol. The first-order valence-corrected chi connectivity index (χ1v) is 13.2. The molecule has 8 nitrogen and oxygen atoms in total. The molecule has 32 heavy (non-hydrogen) atoms. The molecule has 1 saturated heterocycles. The Hall–Kier alpha value is -1.84. The lowest BCUT2D eigenvalue weighted by Crippen LogP contribution is -2.49. The minimum absolute atomic E-state index is 0.0558. The summed E-state index contributed by atoms with van der Waals surface area (Å²) in [6, 6.07) is 0. The van der Waals surface area contributed by atoms with Crippen LogP contribution in [0.5, 0.6) is 0 Å². The van der Waals surface area contributed by atoms with Crippen LogP contribution in [0.25, 0.3) is 0 Å². The quantitative estimate of drug-likeness (QED) is 0.678. The predicted octanol–water partition coefficient (Wildman–Crippen LogP) is 3.07. The monoisotopic (exact) mass is 476 g/mol. The fourth-order valence-corrected chi connectivity index (χ4v) is 6.29. The number of rotatable bonds is 5. The van der Waals surface area contributed by atoms with Gasteiger partial charge in [0.1, 0.15) is 16.5 Å². The van der Waals surface area contributed by atoms with Crippen molar-refractivity contribution in [2.45, 2.75) is 67.7 Å². The van der Waals surface area contributed by atoms with E-state index in [9.17, 15) is 9.32 Å². The van der Waals surface area contributed by atoms with Gasteiger partial charge in [-0.25, -0.2) is 15.0 Å². The van der Waals surface area contributed by atoms with Crippen LogP contribution in [0.2, 0.25) is 5.02 Å². The summed E-state index contributed by atoms with van der Waals surface area (Å²) >= 11 is 5.95. The summed E-state index contributed by atoms with van der Waals surface area (Å²) in [7, 11) is -1.11. The van der Waals surface area contributed by atoms with Crippen LogP contribution in [0.15, 0.2) is 17.3 Å². The van der Waals surface area contributed by atoms with E-state index in [1.807, 2.05) is 0 Å². The SMILES string of the molecule is O=[S@@]1CCCc2nc(N3CCCC(c4ncc(Cl)cn4)CC3)nc(NC3(CO)CCC3)c21. The lowest BCUT2D eigenvalue weighted by Gasteiger charge is -2.42. The Morgan fingerprint density at radius 3 is 2.69 bits per heavy atom.